The number of carbonyl (C=O) groups excluding carboxylic acids is 1. The molecule has 2 saturated heterocycles. The number of aliphatic hydroxyl groups excluding tert-OH is 1. The number of aryl methyl sites for hydroxylation is 1. The standard InChI is InChI=1S/C19H27N5O2S/c1-2-24-10-15(8-21-24)9-22-6-3-4-19(13-25)5-7-23(11-17(19)22)18(26)16-12-27-14-20-16/h8,10,12,14,17,25H,2-7,9,11,13H2,1H3/t17-,19-/m0/s1. The second-order valence-corrected chi connectivity index (χ2v) is 8.41. The van der Waals surface area contributed by atoms with E-state index in [1.165, 1.54) is 16.9 Å². The van der Waals surface area contributed by atoms with Gasteiger partial charge in [0.2, 0.25) is 0 Å². The summed E-state index contributed by atoms with van der Waals surface area (Å²) < 4.78 is 1.94. The van der Waals surface area contributed by atoms with Crippen LogP contribution in [0.4, 0.5) is 0 Å². The Kier molecular flexibility index (Phi) is 5.29. The van der Waals surface area contributed by atoms with Crippen LogP contribution in [0.3, 0.4) is 0 Å². The molecule has 1 N–H and O–H groups in total. The largest absolute Gasteiger partial charge is 0.396 e. The summed E-state index contributed by atoms with van der Waals surface area (Å²) in [5, 5.41) is 16.5. The zero-order valence-corrected chi connectivity index (χ0v) is 16.6. The van der Waals surface area contributed by atoms with Gasteiger partial charge in [-0.3, -0.25) is 14.4 Å². The highest BCUT2D eigenvalue weighted by molar-refractivity contribution is 7.07. The van der Waals surface area contributed by atoms with E-state index in [1.54, 1.807) is 5.51 Å². The van der Waals surface area contributed by atoms with Gasteiger partial charge in [-0.25, -0.2) is 4.98 Å². The molecule has 0 unspecified atom stereocenters. The summed E-state index contributed by atoms with van der Waals surface area (Å²) in [6, 6.07) is 0.164. The number of thiazole rings is 1. The van der Waals surface area contributed by atoms with E-state index in [2.05, 4.69) is 28.1 Å². The van der Waals surface area contributed by atoms with Crippen LogP contribution in [-0.4, -0.2) is 67.9 Å². The molecule has 4 rings (SSSR count). The van der Waals surface area contributed by atoms with Crippen molar-refractivity contribution in [2.75, 3.05) is 26.2 Å². The third-order valence-electron chi connectivity index (χ3n) is 6.19. The number of likely N-dealkylation sites (tertiary alicyclic amines) is 2. The Morgan fingerprint density at radius 3 is 3.00 bits per heavy atom. The van der Waals surface area contributed by atoms with Crippen molar-refractivity contribution in [1.82, 2.24) is 24.6 Å². The third kappa shape index (κ3) is 3.53. The number of carbonyl (C=O) groups is 1. The van der Waals surface area contributed by atoms with Crippen LogP contribution in [0.2, 0.25) is 0 Å². The first-order valence-corrected chi connectivity index (χ1v) is 10.6. The number of aromatic nitrogens is 3. The zero-order chi connectivity index (χ0) is 18.9. The lowest BCUT2D eigenvalue weighted by Gasteiger charge is -2.54. The minimum absolute atomic E-state index is 0.00659. The molecule has 0 radical (unpaired) electrons. The Morgan fingerprint density at radius 2 is 2.30 bits per heavy atom. The molecule has 0 bridgehead atoms. The number of rotatable bonds is 5. The summed E-state index contributed by atoms with van der Waals surface area (Å²) in [5.41, 5.74) is 3.31. The van der Waals surface area contributed by atoms with E-state index >= 15 is 0 Å². The van der Waals surface area contributed by atoms with Crippen LogP contribution in [0.1, 0.15) is 42.2 Å². The van der Waals surface area contributed by atoms with Crippen LogP contribution in [-0.2, 0) is 13.1 Å². The Balaban J connectivity index is 1.54. The molecule has 0 spiro atoms. The lowest BCUT2D eigenvalue weighted by Crippen LogP contribution is -2.63. The van der Waals surface area contributed by atoms with E-state index in [9.17, 15) is 9.90 Å². The van der Waals surface area contributed by atoms with E-state index in [1.807, 2.05) is 21.2 Å². The third-order valence-corrected chi connectivity index (χ3v) is 6.78. The first-order valence-electron chi connectivity index (χ1n) is 9.69. The highest BCUT2D eigenvalue weighted by atomic mass is 32.1. The molecule has 2 aliphatic heterocycles. The van der Waals surface area contributed by atoms with Gasteiger partial charge in [0.25, 0.3) is 5.91 Å². The van der Waals surface area contributed by atoms with Crippen molar-refractivity contribution in [1.29, 1.82) is 0 Å². The van der Waals surface area contributed by atoms with Crippen LogP contribution in [0.15, 0.2) is 23.3 Å². The first kappa shape index (κ1) is 18.6. The number of hydrogen-bond donors (Lipinski definition) is 1. The van der Waals surface area contributed by atoms with Gasteiger partial charge in [-0.1, -0.05) is 0 Å². The molecule has 2 aromatic heterocycles. The van der Waals surface area contributed by atoms with Crippen molar-refractivity contribution in [3.63, 3.8) is 0 Å². The molecule has 2 aromatic rings. The molecular weight excluding hydrogens is 362 g/mol. The molecule has 0 aromatic carbocycles. The van der Waals surface area contributed by atoms with Crippen LogP contribution in [0.25, 0.3) is 0 Å². The molecule has 0 saturated carbocycles. The minimum Gasteiger partial charge on any atom is -0.396 e. The quantitative estimate of drug-likeness (QED) is 0.845. The van der Waals surface area contributed by atoms with Gasteiger partial charge in [0.15, 0.2) is 0 Å². The van der Waals surface area contributed by atoms with Crippen molar-refractivity contribution in [3.05, 3.63) is 34.5 Å². The maximum absolute atomic E-state index is 12.8. The molecule has 0 aliphatic carbocycles. The van der Waals surface area contributed by atoms with Crippen molar-refractivity contribution in [3.8, 4) is 0 Å². The molecule has 146 valence electrons. The second kappa shape index (κ2) is 7.69. The van der Waals surface area contributed by atoms with Gasteiger partial charge in [-0.2, -0.15) is 5.10 Å². The smallest absolute Gasteiger partial charge is 0.273 e. The van der Waals surface area contributed by atoms with Gasteiger partial charge in [-0.15, -0.1) is 11.3 Å². The van der Waals surface area contributed by atoms with Crippen LogP contribution < -0.4 is 0 Å². The van der Waals surface area contributed by atoms with Gasteiger partial charge in [0, 0.05) is 54.8 Å². The Bertz CT molecular complexity index is 777. The van der Waals surface area contributed by atoms with Gasteiger partial charge < -0.3 is 10.0 Å². The number of hydrogen-bond acceptors (Lipinski definition) is 6. The minimum atomic E-state index is -0.113. The van der Waals surface area contributed by atoms with E-state index in [0.717, 1.165) is 38.9 Å². The number of aliphatic hydroxyl groups is 1. The summed E-state index contributed by atoms with van der Waals surface area (Å²) in [6.07, 6.45) is 6.97. The van der Waals surface area contributed by atoms with Crippen molar-refractivity contribution in [2.45, 2.75) is 45.3 Å². The van der Waals surface area contributed by atoms with Crippen LogP contribution in [0.5, 0.6) is 0 Å². The number of fused-ring (bicyclic) bond motifs is 1. The highest BCUT2D eigenvalue weighted by Gasteiger charge is 2.48. The molecule has 27 heavy (non-hydrogen) atoms. The summed E-state index contributed by atoms with van der Waals surface area (Å²) in [4.78, 5) is 21.4. The molecule has 4 heterocycles. The predicted octanol–water partition coefficient (Wildman–Crippen LogP) is 1.85. The fourth-order valence-electron chi connectivity index (χ4n) is 4.62. The van der Waals surface area contributed by atoms with Gasteiger partial charge >= 0.3 is 0 Å². The Morgan fingerprint density at radius 1 is 1.41 bits per heavy atom. The van der Waals surface area contributed by atoms with E-state index in [4.69, 9.17) is 0 Å². The lowest BCUT2D eigenvalue weighted by molar-refractivity contribution is -0.0727. The Hall–Kier alpha value is -1.77. The van der Waals surface area contributed by atoms with Crippen molar-refractivity contribution in [2.24, 2.45) is 5.41 Å². The van der Waals surface area contributed by atoms with Crippen LogP contribution >= 0.6 is 11.3 Å². The topological polar surface area (TPSA) is 74.5 Å². The van der Waals surface area contributed by atoms with Crippen molar-refractivity contribution >= 4 is 17.2 Å². The second-order valence-electron chi connectivity index (χ2n) is 7.69. The van der Waals surface area contributed by atoms with E-state index in [0.29, 0.717) is 18.8 Å². The average Bonchev–Trinajstić information content (AvgIpc) is 3.39. The predicted molar refractivity (Wildman–Crippen MR) is 103 cm³/mol. The normalized spacial score (nSPS) is 26.1. The number of nitrogens with zero attached hydrogens (tertiary/aromatic N) is 5. The van der Waals surface area contributed by atoms with Crippen molar-refractivity contribution < 1.29 is 9.90 Å². The average molecular weight is 390 g/mol. The Labute approximate surface area is 163 Å². The zero-order valence-electron chi connectivity index (χ0n) is 15.8. The molecule has 1 amide bonds. The maximum Gasteiger partial charge on any atom is 0.273 e. The molecule has 2 aliphatic rings. The summed E-state index contributed by atoms with van der Waals surface area (Å²) >= 11 is 1.45. The molecule has 8 heteroatoms. The van der Waals surface area contributed by atoms with Gasteiger partial charge in [0.05, 0.1) is 18.3 Å². The molecule has 7 nitrogen and oxygen atoms in total. The maximum atomic E-state index is 12.8. The molecule has 2 atom stereocenters. The van der Waals surface area contributed by atoms with Gasteiger partial charge in [0.1, 0.15) is 5.69 Å². The fourth-order valence-corrected chi connectivity index (χ4v) is 5.14. The highest BCUT2D eigenvalue weighted by Crippen LogP contribution is 2.42. The van der Waals surface area contributed by atoms with Crippen LogP contribution in [0, 0.1) is 5.41 Å². The number of amides is 1. The van der Waals surface area contributed by atoms with E-state index in [-0.39, 0.29) is 24.0 Å². The van der Waals surface area contributed by atoms with E-state index < -0.39 is 0 Å². The first-order chi connectivity index (χ1) is 13.1. The summed E-state index contributed by atoms with van der Waals surface area (Å²) in [7, 11) is 0. The monoisotopic (exact) mass is 389 g/mol. The lowest BCUT2D eigenvalue weighted by atomic mass is 9.69. The molecular formula is C19H27N5O2S. The SMILES string of the molecule is CCn1cc(CN2CCC[C@@]3(CO)CCN(C(=O)c4cscn4)C[C@H]23)cn1. The van der Waals surface area contributed by atoms with Gasteiger partial charge in [-0.05, 0) is 32.7 Å². The number of piperidine rings is 2. The summed E-state index contributed by atoms with van der Waals surface area (Å²) in [5.74, 6) is 0.00659. The summed E-state index contributed by atoms with van der Waals surface area (Å²) in [6.45, 7) is 6.26. The molecule has 2 fully saturated rings. The fraction of sp³-hybridized carbons (Fsp3) is 0.632.